The molecule has 4 aromatic rings. The maximum absolute atomic E-state index is 13.0. The Hall–Kier alpha value is -2.86. The number of rotatable bonds is 0. The van der Waals surface area contributed by atoms with Crippen molar-refractivity contribution in [1.82, 2.24) is 15.0 Å². The zero-order valence-electron chi connectivity index (χ0n) is 13.4. The number of nitrogens with one attached hydrogen (secondary N) is 1. The van der Waals surface area contributed by atoms with Crippen molar-refractivity contribution in [3.63, 3.8) is 0 Å². The lowest BCUT2D eigenvalue weighted by Crippen LogP contribution is -2.11. The minimum atomic E-state index is -0.0602. The van der Waals surface area contributed by atoms with Crippen LogP contribution in [-0.2, 0) is 12.8 Å². The van der Waals surface area contributed by atoms with Gasteiger partial charge in [0, 0.05) is 11.8 Å². The van der Waals surface area contributed by atoms with Gasteiger partial charge in [0.1, 0.15) is 5.58 Å². The average Bonchev–Trinajstić information content (AvgIpc) is 2.61. The molecule has 0 bridgehead atoms. The van der Waals surface area contributed by atoms with Crippen molar-refractivity contribution in [2.75, 3.05) is 0 Å². The minimum absolute atomic E-state index is 0.0602. The second-order valence-electron chi connectivity index (χ2n) is 6.35. The minimum Gasteiger partial charge on any atom is -0.437 e. The SMILES string of the molecule is Cc1ccc2oc3nc4c(cc3c(=O)c2c1)-c1[nH]c(=S)ncc1CC4. The summed E-state index contributed by atoms with van der Waals surface area (Å²) < 4.78 is 6.33. The topological polar surface area (TPSA) is 71.8 Å². The summed E-state index contributed by atoms with van der Waals surface area (Å²) >= 11 is 5.16. The average molecular weight is 347 g/mol. The third kappa shape index (κ3) is 2.14. The Morgan fingerprint density at radius 2 is 2.08 bits per heavy atom. The summed E-state index contributed by atoms with van der Waals surface area (Å²) in [4.78, 5) is 24.9. The lowest BCUT2D eigenvalue weighted by molar-refractivity contribution is 0.640. The van der Waals surface area contributed by atoms with Gasteiger partial charge in [0.15, 0.2) is 4.77 Å². The highest BCUT2D eigenvalue weighted by Crippen LogP contribution is 2.32. The summed E-state index contributed by atoms with van der Waals surface area (Å²) in [6.45, 7) is 1.96. The molecule has 0 saturated carbocycles. The first-order chi connectivity index (χ1) is 12.1. The Morgan fingerprint density at radius 1 is 1.20 bits per heavy atom. The van der Waals surface area contributed by atoms with Crippen molar-refractivity contribution in [2.45, 2.75) is 19.8 Å². The second kappa shape index (κ2) is 5.07. The van der Waals surface area contributed by atoms with Gasteiger partial charge in [0.25, 0.3) is 0 Å². The number of hydrogen-bond donors (Lipinski definition) is 1. The number of benzene rings is 1. The van der Waals surface area contributed by atoms with Crippen molar-refractivity contribution in [3.8, 4) is 11.3 Å². The molecule has 1 N–H and O–H groups in total. The zero-order chi connectivity index (χ0) is 17.1. The molecule has 0 amide bonds. The van der Waals surface area contributed by atoms with E-state index in [0.717, 1.165) is 40.9 Å². The number of aromatic nitrogens is 3. The summed E-state index contributed by atoms with van der Waals surface area (Å²) in [7, 11) is 0. The van der Waals surface area contributed by atoms with E-state index in [1.165, 1.54) is 0 Å². The van der Waals surface area contributed by atoms with Gasteiger partial charge < -0.3 is 9.40 Å². The van der Waals surface area contributed by atoms with E-state index < -0.39 is 0 Å². The van der Waals surface area contributed by atoms with Gasteiger partial charge in [-0.25, -0.2) is 9.97 Å². The Morgan fingerprint density at radius 3 is 2.96 bits per heavy atom. The maximum atomic E-state index is 13.0. The molecule has 5 rings (SSSR count). The van der Waals surface area contributed by atoms with Gasteiger partial charge in [-0.2, -0.15) is 0 Å². The van der Waals surface area contributed by atoms with Crippen LogP contribution in [-0.4, -0.2) is 15.0 Å². The van der Waals surface area contributed by atoms with E-state index >= 15 is 0 Å². The molecule has 5 nitrogen and oxygen atoms in total. The predicted molar refractivity (Wildman–Crippen MR) is 98.3 cm³/mol. The normalized spacial score (nSPS) is 13.0. The molecular formula is C19H13N3O2S. The number of pyridine rings is 1. The highest BCUT2D eigenvalue weighted by atomic mass is 32.1. The van der Waals surface area contributed by atoms with E-state index in [9.17, 15) is 4.79 Å². The van der Waals surface area contributed by atoms with Crippen molar-refractivity contribution < 1.29 is 4.42 Å². The Kier molecular flexibility index (Phi) is 2.93. The van der Waals surface area contributed by atoms with E-state index in [4.69, 9.17) is 16.6 Å². The molecule has 3 aromatic heterocycles. The number of H-pyrrole nitrogens is 1. The van der Waals surface area contributed by atoms with Crippen LogP contribution < -0.4 is 5.43 Å². The lowest BCUT2D eigenvalue weighted by atomic mass is 9.93. The monoisotopic (exact) mass is 347 g/mol. The van der Waals surface area contributed by atoms with Gasteiger partial charge in [0.05, 0.1) is 22.2 Å². The Balaban J connectivity index is 1.90. The molecule has 0 radical (unpaired) electrons. The second-order valence-corrected chi connectivity index (χ2v) is 6.74. The number of aryl methyl sites for hydroxylation is 3. The lowest BCUT2D eigenvalue weighted by Gasteiger charge is -2.18. The van der Waals surface area contributed by atoms with Crippen LogP contribution in [0, 0.1) is 11.7 Å². The van der Waals surface area contributed by atoms with E-state index in [-0.39, 0.29) is 5.43 Å². The Labute approximate surface area is 147 Å². The largest absolute Gasteiger partial charge is 0.437 e. The summed E-state index contributed by atoms with van der Waals surface area (Å²) in [5.41, 5.74) is 5.71. The number of hydrogen-bond acceptors (Lipinski definition) is 5. The van der Waals surface area contributed by atoms with Crippen LogP contribution in [0.3, 0.4) is 0 Å². The van der Waals surface area contributed by atoms with Crippen LogP contribution >= 0.6 is 12.2 Å². The quantitative estimate of drug-likeness (QED) is 0.386. The maximum Gasteiger partial charge on any atom is 0.230 e. The van der Waals surface area contributed by atoms with Crippen LogP contribution in [0.1, 0.15) is 16.8 Å². The fourth-order valence-corrected chi connectivity index (χ4v) is 3.60. The van der Waals surface area contributed by atoms with Crippen LogP contribution in [0.2, 0.25) is 0 Å². The van der Waals surface area contributed by atoms with Crippen LogP contribution in [0.15, 0.2) is 39.7 Å². The molecule has 0 spiro atoms. The third-order valence-electron chi connectivity index (χ3n) is 4.69. The standard InChI is InChI=1S/C19H13N3O2S/c1-9-2-5-15-12(6-9)17(23)13-7-11-14(21-18(13)24-15)4-3-10-8-20-19(25)22-16(10)11/h2,5-8H,3-4H2,1H3,(H,20,22,25). The molecule has 0 saturated heterocycles. The molecular weight excluding hydrogens is 334 g/mol. The molecule has 0 atom stereocenters. The molecule has 3 heterocycles. The number of fused-ring (bicyclic) bond motifs is 5. The number of nitrogens with zero attached hydrogens (tertiary/aromatic N) is 2. The van der Waals surface area contributed by atoms with Gasteiger partial charge in [-0.15, -0.1) is 0 Å². The first-order valence-electron chi connectivity index (χ1n) is 8.06. The molecule has 0 aliphatic heterocycles. The molecule has 1 aliphatic rings. The molecule has 25 heavy (non-hydrogen) atoms. The van der Waals surface area contributed by atoms with Crippen LogP contribution in [0.25, 0.3) is 33.3 Å². The highest BCUT2D eigenvalue weighted by molar-refractivity contribution is 7.71. The fourth-order valence-electron chi connectivity index (χ4n) is 3.44. The smallest absolute Gasteiger partial charge is 0.230 e. The molecule has 0 fully saturated rings. The van der Waals surface area contributed by atoms with Crippen molar-refractivity contribution in [3.05, 3.63) is 62.3 Å². The van der Waals surface area contributed by atoms with Crippen molar-refractivity contribution in [1.29, 1.82) is 0 Å². The molecule has 6 heteroatoms. The molecule has 122 valence electrons. The highest BCUT2D eigenvalue weighted by Gasteiger charge is 2.21. The van der Waals surface area contributed by atoms with Gasteiger partial charge >= 0.3 is 0 Å². The van der Waals surface area contributed by atoms with Crippen LogP contribution in [0.5, 0.6) is 0 Å². The molecule has 1 aromatic carbocycles. The Bertz CT molecular complexity index is 1300. The van der Waals surface area contributed by atoms with E-state index in [1.54, 1.807) is 6.20 Å². The molecule has 0 unspecified atom stereocenters. The summed E-state index contributed by atoms with van der Waals surface area (Å²) in [6.07, 6.45) is 3.41. The van der Waals surface area contributed by atoms with E-state index in [1.807, 2.05) is 31.2 Å². The van der Waals surface area contributed by atoms with E-state index in [2.05, 4.69) is 15.0 Å². The third-order valence-corrected chi connectivity index (χ3v) is 4.90. The first-order valence-corrected chi connectivity index (χ1v) is 8.46. The first kappa shape index (κ1) is 14.5. The zero-order valence-corrected chi connectivity index (χ0v) is 14.2. The van der Waals surface area contributed by atoms with Gasteiger partial charge in [-0.3, -0.25) is 4.79 Å². The summed E-state index contributed by atoms with van der Waals surface area (Å²) in [6, 6.07) is 7.48. The van der Waals surface area contributed by atoms with Crippen LogP contribution in [0.4, 0.5) is 0 Å². The van der Waals surface area contributed by atoms with Crippen molar-refractivity contribution >= 4 is 34.3 Å². The molecule has 1 aliphatic carbocycles. The predicted octanol–water partition coefficient (Wildman–Crippen LogP) is 3.87. The van der Waals surface area contributed by atoms with E-state index in [0.29, 0.717) is 26.8 Å². The van der Waals surface area contributed by atoms with Crippen molar-refractivity contribution in [2.24, 2.45) is 0 Å². The van der Waals surface area contributed by atoms with Gasteiger partial charge in [0.2, 0.25) is 11.1 Å². The number of aromatic amines is 1. The summed E-state index contributed by atoms with van der Waals surface area (Å²) in [5, 5.41) is 1.06. The fraction of sp³-hybridized carbons (Fsp3) is 0.158. The van der Waals surface area contributed by atoms with Gasteiger partial charge in [-0.05, 0) is 55.7 Å². The van der Waals surface area contributed by atoms with Gasteiger partial charge in [-0.1, -0.05) is 11.6 Å². The summed E-state index contributed by atoms with van der Waals surface area (Å²) in [5.74, 6) is 0.